The second-order valence-corrected chi connectivity index (χ2v) is 3.84. The lowest BCUT2D eigenvalue weighted by molar-refractivity contribution is 0.0940. The molecule has 1 amide bonds. The van der Waals surface area contributed by atoms with E-state index in [1.54, 1.807) is 30.9 Å². The lowest BCUT2D eigenvalue weighted by Crippen LogP contribution is -2.24. The molecule has 0 fully saturated rings. The molecule has 7 heteroatoms. The minimum absolute atomic E-state index is 0.0996. The van der Waals surface area contributed by atoms with Gasteiger partial charge in [-0.1, -0.05) is 6.07 Å². The molecule has 94 valence electrons. The van der Waals surface area contributed by atoms with Gasteiger partial charge in [0.15, 0.2) is 0 Å². The first-order chi connectivity index (χ1) is 9.33. The molecule has 3 aromatic rings. The van der Waals surface area contributed by atoms with Crippen molar-refractivity contribution in [3.05, 3.63) is 54.4 Å². The van der Waals surface area contributed by atoms with Crippen molar-refractivity contribution in [1.82, 2.24) is 29.9 Å². The molecule has 0 saturated heterocycles. The average molecular weight is 254 g/mol. The highest BCUT2D eigenvalue weighted by Gasteiger charge is 2.12. The van der Waals surface area contributed by atoms with E-state index in [9.17, 15) is 4.79 Å². The molecule has 3 rings (SSSR count). The van der Waals surface area contributed by atoms with Crippen LogP contribution < -0.4 is 5.32 Å². The maximum atomic E-state index is 11.9. The molecule has 19 heavy (non-hydrogen) atoms. The van der Waals surface area contributed by atoms with Gasteiger partial charge in [0.1, 0.15) is 0 Å². The largest absolute Gasteiger partial charge is 0.345 e. The Kier molecular flexibility index (Phi) is 2.85. The summed E-state index contributed by atoms with van der Waals surface area (Å²) in [5.74, 6) is 0.158. The zero-order valence-corrected chi connectivity index (χ0v) is 9.89. The number of carbonyl (C=O) groups is 1. The van der Waals surface area contributed by atoms with Crippen molar-refractivity contribution in [2.24, 2.45) is 0 Å². The van der Waals surface area contributed by atoms with Gasteiger partial charge >= 0.3 is 0 Å². The van der Waals surface area contributed by atoms with Crippen LogP contribution >= 0.6 is 0 Å². The highest BCUT2D eigenvalue weighted by atomic mass is 16.2. The molecular formula is C12H10N6O. The van der Waals surface area contributed by atoms with Crippen LogP contribution in [0.4, 0.5) is 0 Å². The van der Waals surface area contributed by atoms with E-state index in [-0.39, 0.29) is 11.7 Å². The Bertz CT molecular complexity index is 675. The monoisotopic (exact) mass is 254 g/mol. The van der Waals surface area contributed by atoms with Gasteiger partial charge < -0.3 is 5.32 Å². The van der Waals surface area contributed by atoms with Crippen LogP contribution in [0.2, 0.25) is 0 Å². The Hall–Kier alpha value is -2.83. The van der Waals surface area contributed by atoms with Crippen molar-refractivity contribution in [3.8, 4) is 0 Å². The number of pyridine rings is 1. The van der Waals surface area contributed by atoms with E-state index in [1.165, 1.54) is 4.52 Å². The van der Waals surface area contributed by atoms with Crippen LogP contribution in [-0.2, 0) is 6.54 Å². The number of aromatic nitrogens is 5. The van der Waals surface area contributed by atoms with Gasteiger partial charge in [-0.05, 0) is 17.7 Å². The number of hydrogen-bond acceptors (Lipinski definition) is 5. The van der Waals surface area contributed by atoms with Gasteiger partial charge in [0, 0.05) is 31.3 Å². The third-order valence-corrected chi connectivity index (χ3v) is 2.50. The topological polar surface area (TPSA) is 85.1 Å². The quantitative estimate of drug-likeness (QED) is 0.733. The molecular weight excluding hydrogens is 244 g/mol. The fraction of sp³-hybridized carbons (Fsp3) is 0.0833. The Balaban J connectivity index is 1.73. The fourth-order valence-corrected chi connectivity index (χ4v) is 1.59. The van der Waals surface area contributed by atoms with Crippen LogP contribution in [0.5, 0.6) is 0 Å². The number of nitrogens with one attached hydrogen (secondary N) is 1. The van der Waals surface area contributed by atoms with Crippen LogP contribution in [0.25, 0.3) is 5.78 Å². The molecule has 0 unspecified atom stereocenters. The molecule has 0 aliphatic heterocycles. The van der Waals surface area contributed by atoms with Gasteiger partial charge in [0.25, 0.3) is 11.7 Å². The van der Waals surface area contributed by atoms with Gasteiger partial charge in [-0.15, -0.1) is 5.10 Å². The van der Waals surface area contributed by atoms with E-state index < -0.39 is 0 Å². The highest BCUT2D eigenvalue weighted by molar-refractivity contribution is 5.90. The standard InChI is InChI=1S/C12H10N6O/c19-11(15-8-9-3-1-4-13-7-9)10-16-12-14-5-2-6-18(12)17-10/h1-7H,8H2,(H,15,19). The SMILES string of the molecule is O=C(NCc1cccnc1)c1nc2ncccn2n1. The predicted octanol–water partition coefficient (Wildman–Crippen LogP) is 0.449. The molecule has 0 aromatic carbocycles. The maximum absolute atomic E-state index is 11.9. The number of rotatable bonds is 3. The van der Waals surface area contributed by atoms with Crippen LogP contribution in [0.3, 0.4) is 0 Å². The Morgan fingerprint density at radius 2 is 2.26 bits per heavy atom. The maximum Gasteiger partial charge on any atom is 0.291 e. The van der Waals surface area contributed by atoms with E-state index >= 15 is 0 Å². The third-order valence-electron chi connectivity index (χ3n) is 2.50. The van der Waals surface area contributed by atoms with Crippen molar-refractivity contribution in [2.45, 2.75) is 6.54 Å². The minimum Gasteiger partial charge on any atom is -0.345 e. The zero-order chi connectivity index (χ0) is 13.1. The fourth-order valence-electron chi connectivity index (χ4n) is 1.59. The molecule has 0 saturated carbocycles. The summed E-state index contributed by atoms with van der Waals surface area (Å²) in [5, 5.41) is 6.77. The van der Waals surface area contributed by atoms with E-state index in [0.29, 0.717) is 12.3 Å². The summed E-state index contributed by atoms with van der Waals surface area (Å²) in [6, 6.07) is 5.42. The molecule has 0 spiro atoms. The summed E-state index contributed by atoms with van der Waals surface area (Å²) in [6.45, 7) is 0.385. The van der Waals surface area contributed by atoms with Crippen LogP contribution in [0.15, 0.2) is 43.0 Å². The lowest BCUT2D eigenvalue weighted by Gasteiger charge is -2.01. The van der Waals surface area contributed by atoms with Crippen molar-refractivity contribution in [3.63, 3.8) is 0 Å². The molecule has 3 heterocycles. The van der Waals surface area contributed by atoms with E-state index in [2.05, 4.69) is 25.4 Å². The van der Waals surface area contributed by atoms with Crippen molar-refractivity contribution in [1.29, 1.82) is 0 Å². The summed E-state index contributed by atoms with van der Waals surface area (Å²) < 4.78 is 1.46. The number of hydrogen-bond donors (Lipinski definition) is 1. The summed E-state index contributed by atoms with van der Waals surface area (Å²) in [4.78, 5) is 23.9. The molecule has 3 aromatic heterocycles. The first-order valence-electron chi connectivity index (χ1n) is 5.67. The van der Waals surface area contributed by atoms with Crippen LogP contribution in [-0.4, -0.2) is 30.5 Å². The normalized spacial score (nSPS) is 10.5. The predicted molar refractivity (Wildman–Crippen MR) is 66.2 cm³/mol. The molecule has 0 bridgehead atoms. The molecule has 0 aliphatic rings. The van der Waals surface area contributed by atoms with Gasteiger partial charge in [-0.2, -0.15) is 4.98 Å². The lowest BCUT2D eigenvalue weighted by atomic mass is 10.3. The average Bonchev–Trinajstić information content (AvgIpc) is 2.90. The van der Waals surface area contributed by atoms with Crippen molar-refractivity contribution in [2.75, 3.05) is 0 Å². The van der Waals surface area contributed by atoms with Gasteiger partial charge in [0.2, 0.25) is 5.82 Å². The Labute approximate surface area is 108 Å². The number of nitrogens with zero attached hydrogens (tertiary/aromatic N) is 5. The zero-order valence-electron chi connectivity index (χ0n) is 9.89. The van der Waals surface area contributed by atoms with Crippen LogP contribution in [0, 0.1) is 0 Å². The first kappa shape index (κ1) is 11.3. The summed E-state index contributed by atoms with van der Waals surface area (Å²) >= 11 is 0. The van der Waals surface area contributed by atoms with Crippen molar-refractivity contribution >= 4 is 11.7 Å². The number of amides is 1. The van der Waals surface area contributed by atoms with Crippen LogP contribution in [0.1, 0.15) is 16.2 Å². The summed E-state index contributed by atoms with van der Waals surface area (Å²) in [6.07, 6.45) is 6.66. The van der Waals surface area contributed by atoms with Gasteiger partial charge in [-0.25, -0.2) is 9.50 Å². The first-order valence-corrected chi connectivity index (χ1v) is 5.67. The minimum atomic E-state index is -0.339. The molecule has 0 aliphatic carbocycles. The van der Waals surface area contributed by atoms with Gasteiger partial charge in [-0.3, -0.25) is 9.78 Å². The second-order valence-electron chi connectivity index (χ2n) is 3.84. The molecule has 1 N–H and O–H groups in total. The number of carbonyl (C=O) groups excluding carboxylic acids is 1. The summed E-state index contributed by atoms with van der Waals surface area (Å²) in [5.41, 5.74) is 0.915. The number of fused-ring (bicyclic) bond motifs is 1. The highest BCUT2D eigenvalue weighted by Crippen LogP contribution is 1.99. The second kappa shape index (κ2) is 4.81. The third kappa shape index (κ3) is 2.39. The molecule has 0 atom stereocenters. The Morgan fingerprint density at radius 1 is 1.32 bits per heavy atom. The van der Waals surface area contributed by atoms with Gasteiger partial charge in [0.05, 0.1) is 0 Å². The smallest absolute Gasteiger partial charge is 0.291 e. The molecule has 0 radical (unpaired) electrons. The van der Waals surface area contributed by atoms with E-state index in [4.69, 9.17) is 0 Å². The van der Waals surface area contributed by atoms with E-state index in [1.807, 2.05) is 12.1 Å². The molecule has 7 nitrogen and oxygen atoms in total. The Morgan fingerprint density at radius 3 is 3.05 bits per heavy atom. The van der Waals surface area contributed by atoms with Crippen molar-refractivity contribution < 1.29 is 4.79 Å². The summed E-state index contributed by atoms with van der Waals surface area (Å²) in [7, 11) is 0. The van der Waals surface area contributed by atoms with E-state index in [0.717, 1.165) is 5.56 Å².